The zero-order chi connectivity index (χ0) is 13.5. The number of hydrogen-bond acceptors (Lipinski definition) is 4. The minimum Gasteiger partial charge on any atom is -0.467 e. The standard InChI is InChI=1S/C15H21NO2S/c1-12-6-10-19-15(12)13(2)16-7-4-8-17-11-14-5-3-9-18-14/h3,5-6,9-10,13,16H,4,7-8,11H2,1-2H3. The Labute approximate surface area is 118 Å². The first-order valence-corrected chi connectivity index (χ1v) is 7.53. The van der Waals surface area contributed by atoms with Gasteiger partial charge in [0.15, 0.2) is 0 Å². The van der Waals surface area contributed by atoms with Crippen LogP contribution >= 0.6 is 11.3 Å². The second-order valence-electron chi connectivity index (χ2n) is 4.63. The van der Waals surface area contributed by atoms with Gasteiger partial charge >= 0.3 is 0 Å². The molecule has 0 aliphatic heterocycles. The van der Waals surface area contributed by atoms with E-state index in [0.29, 0.717) is 12.6 Å². The normalized spacial score (nSPS) is 12.7. The third-order valence-electron chi connectivity index (χ3n) is 3.04. The molecule has 1 unspecified atom stereocenters. The fraction of sp³-hybridized carbons (Fsp3) is 0.467. The molecule has 2 heterocycles. The van der Waals surface area contributed by atoms with E-state index in [1.165, 1.54) is 10.4 Å². The molecule has 0 amide bonds. The van der Waals surface area contributed by atoms with Crippen LogP contribution in [0.1, 0.15) is 35.6 Å². The van der Waals surface area contributed by atoms with Crippen LogP contribution in [0.15, 0.2) is 34.3 Å². The van der Waals surface area contributed by atoms with Crippen LogP contribution in [-0.2, 0) is 11.3 Å². The first-order chi connectivity index (χ1) is 9.27. The lowest BCUT2D eigenvalue weighted by atomic mass is 10.2. The molecule has 2 aromatic heterocycles. The molecule has 0 bridgehead atoms. The van der Waals surface area contributed by atoms with E-state index in [-0.39, 0.29) is 0 Å². The average Bonchev–Trinajstić information content (AvgIpc) is 3.04. The number of thiophene rings is 1. The largest absolute Gasteiger partial charge is 0.467 e. The van der Waals surface area contributed by atoms with Crippen molar-refractivity contribution in [3.63, 3.8) is 0 Å². The molecule has 0 saturated heterocycles. The third-order valence-corrected chi connectivity index (χ3v) is 4.24. The van der Waals surface area contributed by atoms with Gasteiger partial charge in [-0.2, -0.15) is 0 Å². The van der Waals surface area contributed by atoms with Gasteiger partial charge < -0.3 is 14.5 Å². The fourth-order valence-corrected chi connectivity index (χ4v) is 2.94. The van der Waals surface area contributed by atoms with E-state index in [4.69, 9.17) is 9.15 Å². The summed E-state index contributed by atoms with van der Waals surface area (Å²) in [6.45, 7) is 6.66. The van der Waals surface area contributed by atoms with Crippen LogP contribution in [0.5, 0.6) is 0 Å². The van der Waals surface area contributed by atoms with E-state index in [1.807, 2.05) is 23.5 Å². The number of aryl methyl sites for hydroxylation is 1. The van der Waals surface area contributed by atoms with Gasteiger partial charge in [-0.05, 0) is 56.0 Å². The van der Waals surface area contributed by atoms with Gasteiger partial charge in [0.2, 0.25) is 0 Å². The minimum atomic E-state index is 0.421. The van der Waals surface area contributed by atoms with E-state index < -0.39 is 0 Å². The molecule has 0 radical (unpaired) electrons. The molecule has 0 fully saturated rings. The molecular weight excluding hydrogens is 258 g/mol. The van der Waals surface area contributed by atoms with Crippen molar-refractivity contribution in [3.05, 3.63) is 46.0 Å². The van der Waals surface area contributed by atoms with Crippen molar-refractivity contribution in [1.29, 1.82) is 0 Å². The second-order valence-corrected chi connectivity index (χ2v) is 5.58. The maximum atomic E-state index is 5.54. The van der Waals surface area contributed by atoms with Gasteiger partial charge in [0.25, 0.3) is 0 Å². The average molecular weight is 279 g/mol. The Morgan fingerprint density at radius 3 is 3.00 bits per heavy atom. The highest BCUT2D eigenvalue weighted by atomic mass is 32.1. The second kappa shape index (κ2) is 7.48. The van der Waals surface area contributed by atoms with Crippen molar-refractivity contribution in [2.24, 2.45) is 0 Å². The van der Waals surface area contributed by atoms with Gasteiger partial charge in [-0.15, -0.1) is 11.3 Å². The van der Waals surface area contributed by atoms with Crippen molar-refractivity contribution < 1.29 is 9.15 Å². The van der Waals surface area contributed by atoms with Gasteiger partial charge in [-0.3, -0.25) is 0 Å². The highest BCUT2D eigenvalue weighted by Gasteiger charge is 2.08. The number of nitrogens with one attached hydrogen (secondary N) is 1. The number of rotatable bonds is 8. The maximum absolute atomic E-state index is 5.54. The molecule has 3 nitrogen and oxygen atoms in total. The summed E-state index contributed by atoms with van der Waals surface area (Å²) in [4.78, 5) is 1.43. The minimum absolute atomic E-state index is 0.421. The van der Waals surface area contributed by atoms with Gasteiger partial charge in [0.05, 0.1) is 6.26 Å². The number of hydrogen-bond donors (Lipinski definition) is 1. The summed E-state index contributed by atoms with van der Waals surface area (Å²) in [5.41, 5.74) is 1.37. The van der Waals surface area contributed by atoms with E-state index >= 15 is 0 Å². The molecule has 0 aromatic carbocycles. The Morgan fingerprint density at radius 1 is 1.42 bits per heavy atom. The Hall–Kier alpha value is -1.10. The molecule has 0 spiro atoms. The molecule has 2 aromatic rings. The highest BCUT2D eigenvalue weighted by molar-refractivity contribution is 7.10. The Bertz CT molecular complexity index is 464. The van der Waals surface area contributed by atoms with E-state index in [2.05, 4.69) is 30.6 Å². The molecule has 0 aliphatic rings. The van der Waals surface area contributed by atoms with Crippen LogP contribution in [0.3, 0.4) is 0 Å². The lowest BCUT2D eigenvalue weighted by molar-refractivity contribution is 0.104. The summed E-state index contributed by atoms with van der Waals surface area (Å²) in [7, 11) is 0. The van der Waals surface area contributed by atoms with Crippen LogP contribution in [-0.4, -0.2) is 13.2 Å². The fourth-order valence-electron chi connectivity index (χ4n) is 1.98. The van der Waals surface area contributed by atoms with Crippen molar-refractivity contribution in [1.82, 2.24) is 5.32 Å². The monoisotopic (exact) mass is 279 g/mol. The Morgan fingerprint density at radius 2 is 2.32 bits per heavy atom. The lowest BCUT2D eigenvalue weighted by Crippen LogP contribution is -2.20. The lowest BCUT2D eigenvalue weighted by Gasteiger charge is -2.13. The third kappa shape index (κ3) is 4.49. The van der Waals surface area contributed by atoms with Gasteiger partial charge in [0, 0.05) is 17.5 Å². The Kier molecular flexibility index (Phi) is 5.63. The smallest absolute Gasteiger partial charge is 0.129 e. The van der Waals surface area contributed by atoms with Crippen LogP contribution in [0.4, 0.5) is 0 Å². The van der Waals surface area contributed by atoms with Crippen LogP contribution < -0.4 is 5.32 Å². The summed E-state index contributed by atoms with van der Waals surface area (Å²) in [6.07, 6.45) is 2.68. The summed E-state index contributed by atoms with van der Waals surface area (Å²) < 4.78 is 10.7. The summed E-state index contributed by atoms with van der Waals surface area (Å²) in [5.74, 6) is 0.885. The SMILES string of the molecule is Cc1ccsc1C(C)NCCCOCc1ccco1. The topological polar surface area (TPSA) is 34.4 Å². The molecular formula is C15H21NO2S. The summed E-state index contributed by atoms with van der Waals surface area (Å²) in [5, 5.41) is 5.67. The zero-order valence-electron chi connectivity index (χ0n) is 11.5. The van der Waals surface area contributed by atoms with E-state index in [1.54, 1.807) is 6.26 Å². The predicted molar refractivity (Wildman–Crippen MR) is 78.5 cm³/mol. The maximum Gasteiger partial charge on any atom is 0.129 e. The molecule has 104 valence electrons. The van der Waals surface area contributed by atoms with Crippen molar-refractivity contribution in [2.75, 3.05) is 13.2 Å². The summed E-state index contributed by atoms with van der Waals surface area (Å²) >= 11 is 1.82. The zero-order valence-corrected chi connectivity index (χ0v) is 12.3. The molecule has 19 heavy (non-hydrogen) atoms. The highest BCUT2D eigenvalue weighted by Crippen LogP contribution is 2.23. The van der Waals surface area contributed by atoms with Gasteiger partial charge in [-0.1, -0.05) is 0 Å². The molecule has 0 aliphatic carbocycles. The van der Waals surface area contributed by atoms with E-state index in [9.17, 15) is 0 Å². The van der Waals surface area contributed by atoms with Crippen LogP contribution in [0, 0.1) is 6.92 Å². The first kappa shape index (κ1) is 14.3. The molecule has 0 saturated carbocycles. The van der Waals surface area contributed by atoms with Gasteiger partial charge in [0.1, 0.15) is 12.4 Å². The van der Waals surface area contributed by atoms with Crippen molar-refractivity contribution in [2.45, 2.75) is 32.9 Å². The van der Waals surface area contributed by atoms with E-state index in [0.717, 1.165) is 25.3 Å². The molecule has 2 rings (SSSR count). The van der Waals surface area contributed by atoms with Crippen LogP contribution in [0.2, 0.25) is 0 Å². The van der Waals surface area contributed by atoms with Gasteiger partial charge in [-0.25, -0.2) is 0 Å². The Balaban J connectivity index is 1.56. The summed E-state index contributed by atoms with van der Waals surface area (Å²) in [6, 6.07) is 6.40. The first-order valence-electron chi connectivity index (χ1n) is 6.65. The van der Waals surface area contributed by atoms with Crippen molar-refractivity contribution >= 4 is 11.3 Å². The van der Waals surface area contributed by atoms with Crippen LogP contribution in [0.25, 0.3) is 0 Å². The molecule has 1 N–H and O–H groups in total. The van der Waals surface area contributed by atoms with Crippen molar-refractivity contribution in [3.8, 4) is 0 Å². The number of ether oxygens (including phenoxy) is 1. The molecule has 1 atom stereocenters. The molecule has 4 heteroatoms. The quantitative estimate of drug-likeness (QED) is 0.744. The predicted octanol–water partition coefficient (Wildman–Crippen LogP) is 3.91. The number of furan rings is 1.